The lowest BCUT2D eigenvalue weighted by Crippen LogP contribution is -2.20. The number of methoxy groups -OCH3 is 1. The third-order valence-electron chi connectivity index (χ3n) is 3.49. The highest BCUT2D eigenvalue weighted by Gasteiger charge is 2.36. The third kappa shape index (κ3) is 3.61. The van der Waals surface area contributed by atoms with E-state index in [1.165, 1.54) is 7.11 Å². The number of nitrogens with one attached hydrogen (secondary N) is 1. The summed E-state index contributed by atoms with van der Waals surface area (Å²) in [7, 11) is 1.21. The topological polar surface area (TPSA) is 51.2 Å². The summed E-state index contributed by atoms with van der Waals surface area (Å²) < 4.78 is 44.1. The average Bonchev–Trinajstić information content (AvgIpc) is 2.50. The normalized spacial score (nSPS) is 11.2. The minimum atomic E-state index is -4.69. The van der Waals surface area contributed by atoms with Crippen LogP contribution in [0.5, 0.6) is 5.88 Å². The first-order valence-electron chi connectivity index (χ1n) is 6.73. The van der Waals surface area contributed by atoms with Gasteiger partial charge in [-0.1, -0.05) is 12.1 Å². The van der Waals surface area contributed by atoms with E-state index in [-0.39, 0.29) is 5.88 Å². The number of rotatable bonds is 3. The van der Waals surface area contributed by atoms with Crippen LogP contribution in [-0.2, 0) is 6.18 Å². The van der Waals surface area contributed by atoms with Crippen molar-refractivity contribution in [2.45, 2.75) is 20.0 Å². The molecule has 0 spiro atoms. The molecule has 0 radical (unpaired) electrons. The molecule has 0 aliphatic rings. The summed E-state index contributed by atoms with van der Waals surface area (Å²) in [6.07, 6.45) is -3.83. The smallest absolute Gasteiger partial charge is 0.417 e. The minimum absolute atomic E-state index is 0.208. The fraction of sp³-hybridized carbons (Fsp3) is 0.250. The predicted molar refractivity (Wildman–Crippen MR) is 79.7 cm³/mol. The van der Waals surface area contributed by atoms with Crippen LogP contribution in [-0.4, -0.2) is 18.0 Å². The molecule has 1 amide bonds. The van der Waals surface area contributed by atoms with E-state index in [0.717, 1.165) is 17.3 Å². The van der Waals surface area contributed by atoms with Crippen molar-refractivity contribution in [2.24, 2.45) is 0 Å². The summed E-state index contributed by atoms with van der Waals surface area (Å²) in [6.45, 7) is 3.63. The molecule has 23 heavy (non-hydrogen) atoms. The van der Waals surface area contributed by atoms with Crippen LogP contribution in [0, 0.1) is 13.8 Å². The Morgan fingerprint density at radius 2 is 1.96 bits per heavy atom. The van der Waals surface area contributed by atoms with Gasteiger partial charge in [-0.15, -0.1) is 0 Å². The Kier molecular flexibility index (Phi) is 4.58. The first kappa shape index (κ1) is 16.8. The molecule has 0 aliphatic heterocycles. The molecule has 1 aromatic heterocycles. The maximum Gasteiger partial charge on any atom is 0.417 e. The van der Waals surface area contributed by atoms with Gasteiger partial charge in [0, 0.05) is 18.0 Å². The number of pyridine rings is 1. The van der Waals surface area contributed by atoms with Crippen LogP contribution in [0.3, 0.4) is 0 Å². The maximum absolute atomic E-state index is 13.1. The number of aryl methyl sites for hydroxylation is 1. The highest BCUT2D eigenvalue weighted by atomic mass is 19.4. The van der Waals surface area contributed by atoms with Gasteiger partial charge in [-0.05, 0) is 31.0 Å². The number of halogens is 3. The van der Waals surface area contributed by atoms with E-state index >= 15 is 0 Å². The Bertz CT molecular complexity index is 743. The van der Waals surface area contributed by atoms with Gasteiger partial charge in [0.1, 0.15) is 0 Å². The number of hydrogen-bond acceptors (Lipinski definition) is 3. The number of ether oxygens (including phenoxy) is 1. The molecule has 1 N–H and O–H groups in total. The average molecular weight is 324 g/mol. The Hall–Kier alpha value is -2.57. The Labute approximate surface area is 131 Å². The minimum Gasteiger partial charge on any atom is -0.481 e. The van der Waals surface area contributed by atoms with Gasteiger partial charge < -0.3 is 10.1 Å². The van der Waals surface area contributed by atoms with Crippen LogP contribution < -0.4 is 10.1 Å². The predicted octanol–water partition coefficient (Wildman–Crippen LogP) is 3.98. The number of amides is 1. The molecule has 0 unspecified atom stereocenters. The number of anilines is 1. The van der Waals surface area contributed by atoms with Gasteiger partial charge in [0.2, 0.25) is 5.88 Å². The summed E-state index contributed by atoms with van der Waals surface area (Å²) >= 11 is 0. The van der Waals surface area contributed by atoms with Crippen LogP contribution in [0.1, 0.15) is 27.0 Å². The molecular formula is C16H15F3N2O2. The SMILES string of the molecule is COc1cc(C(F)(F)F)c(C(=O)Nc2cccc(C)c2C)cn1. The van der Waals surface area contributed by atoms with Crippen molar-refractivity contribution < 1.29 is 22.7 Å². The van der Waals surface area contributed by atoms with E-state index in [1.807, 2.05) is 13.0 Å². The molecule has 0 atom stereocenters. The van der Waals surface area contributed by atoms with Gasteiger partial charge in [-0.3, -0.25) is 4.79 Å². The summed E-state index contributed by atoms with van der Waals surface area (Å²) in [5, 5.41) is 2.50. The zero-order valence-electron chi connectivity index (χ0n) is 12.8. The van der Waals surface area contributed by atoms with Gasteiger partial charge in [-0.2, -0.15) is 13.2 Å². The first-order chi connectivity index (χ1) is 10.7. The molecule has 0 saturated heterocycles. The van der Waals surface area contributed by atoms with E-state index in [9.17, 15) is 18.0 Å². The molecule has 122 valence electrons. The molecule has 7 heteroatoms. The number of carbonyl (C=O) groups is 1. The quantitative estimate of drug-likeness (QED) is 0.929. The van der Waals surface area contributed by atoms with Gasteiger partial charge in [0.05, 0.1) is 18.2 Å². The Morgan fingerprint density at radius 3 is 2.57 bits per heavy atom. The molecular weight excluding hydrogens is 309 g/mol. The van der Waals surface area contributed by atoms with Crippen molar-refractivity contribution in [3.8, 4) is 5.88 Å². The van der Waals surface area contributed by atoms with Crippen molar-refractivity contribution in [1.82, 2.24) is 4.98 Å². The zero-order chi connectivity index (χ0) is 17.2. The van der Waals surface area contributed by atoms with Crippen LogP contribution in [0.4, 0.5) is 18.9 Å². The summed E-state index contributed by atoms with van der Waals surface area (Å²) in [5.74, 6) is -1.08. The molecule has 0 bridgehead atoms. The first-order valence-corrected chi connectivity index (χ1v) is 6.73. The van der Waals surface area contributed by atoms with Crippen molar-refractivity contribution >= 4 is 11.6 Å². The number of nitrogens with zero attached hydrogens (tertiary/aromatic N) is 1. The largest absolute Gasteiger partial charge is 0.481 e. The van der Waals surface area contributed by atoms with E-state index in [2.05, 4.69) is 10.3 Å². The lowest BCUT2D eigenvalue weighted by molar-refractivity contribution is -0.138. The molecule has 1 aromatic carbocycles. The number of benzene rings is 1. The second kappa shape index (κ2) is 6.28. The third-order valence-corrected chi connectivity index (χ3v) is 3.49. The van der Waals surface area contributed by atoms with E-state index < -0.39 is 23.2 Å². The molecule has 0 saturated carbocycles. The van der Waals surface area contributed by atoms with E-state index in [0.29, 0.717) is 11.8 Å². The fourth-order valence-corrected chi connectivity index (χ4v) is 2.04. The molecule has 2 aromatic rings. The summed E-state index contributed by atoms with van der Waals surface area (Å²) in [6, 6.07) is 5.90. The van der Waals surface area contributed by atoms with Crippen molar-refractivity contribution in [2.75, 3.05) is 12.4 Å². The van der Waals surface area contributed by atoms with Crippen LogP contribution in [0.25, 0.3) is 0 Å². The Morgan fingerprint density at radius 1 is 1.26 bits per heavy atom. The number of aromatic nitrogens is 1. The monoisotopic (exact) mass is 324 g/mol. The van der Waals surface area contributed by atoms with E-state index in [1.54, 1.807) is 19.1 Å². The molecule has 4 nitrogen and oxygen atoms in total. The van der Waals surface area contributed by atoms with Gasteiger partial charge in [0.15, 0.2) is 0 Å². The van der Waals surface area contributed by atoms with Gasteiger partial charge >= 0.3 is 6.18 Å². The number of carbonyl (C=O) groups excluding carboxylic acids is 1. The number of alkyl halides is 3. The number of hydrogen-bond donors (Lipinski definition) is 1. The molecule has 0 fully saturated rings. The van der Waals surface area contributed by atoms with Crippen LogP contribution in [0.15, 0.2) is 30.5 Å². The standard InChI is InChI=1S/C16H15F3N2O2/c1-9-5-4-6-13(10(9)2)21-15(22)11-8-20-14(23-3)7-12(11)16(17,18)19/h4-8H,1-3H3,(H,21,22). The van der Waals surface area contributed by atoms with E-state index in [4.69, 9.17) is 4.74 Å². The second-order valence-corrected chi connectivity index (χ2v) is 4.97. The second-order valence-electron chi connectivity index (χ2n) is 4.97. The van der Waals surface area contributed by atoms with Crippen molar-refractivity contribution in [3.63, 3.8) is 0 Å². The summed E-state index contributed by atoms with van der Waals surface area (Å²) in [5.41, 5.74) is 0.521. The molecule has 1 heterocycles. The van der Waals surface area contributed by atoms with Crippen molar-refractivity contribution in [1.29, 1.82) is 0 Å². The summed E-state index contributed by atoms with van der Waals surface area (Å²) in [4.78, 5) is 15.9. The zero-order valence-corrected chi connectivity index (χ0v) is 12.8. The fourth-order valence-electron chi connectivity index (χ4n) is 2.04. The van der Waals surface area contributed by atoms with Crippen LogP contribution >= 0.6 is 0 Å². The highest BCUT2D eigenvalue weighted by Crippen LogP contribution is 2.34. The lowest BCUT2D eigenvalue weighted by atomic mass is 10.1. The lowest BCUT2D eigenvalue weighted by Gasteiger charge is -2.15. The van der Waals surface area contributed by atoms with Gasteiger partial charge in [-0.25, -0.2) is 4.98 Å². The van der Waals surface area contributed by atoms with Crippen LogP contribution in [0.2, 0.25) is 0 Å². The van der Waals surface area contributed by atoms with Gasteiger partial charge in [0.25, 0.3) is 5.91 Å². The maximum atomic E-state index is 13.1. The van der Waals surface area contributed by atoms with Crippen molar-refractivity contribution in [3.05, 3.63) is 52.7 Å². The highest BCUT2D eigenvalue weighted by molar-refractivity contribution is 6.05. The molecule has 2 rings (SSSR count). The molecule has 0 aliphatic carbocycles. The Balaban J connectivity index is 2.41.